The lowest BCUT2D eigenvalue weighted by atomic mass is 10.2. The first-order valence-corrected chi connectivity index (χ1v) is 7.00. The summed E-state index contributed by atoms with van der Waals surface area (Å²) in [7, 11) is 0. The van der Waals surface area contributed by atoms with Crippen LogP contribution in [0.3, 0.4) is 0 Å². The number of nitriles is 1. The Labute approximate surface area is 137 Å². The molecule has 0 heterocycles. The molecule has 7 heteroatoms. The number of hydrogen-bond donors (Lipinski definition) is 0. The third-order valence-corrected chi connectivity index (χ3v) is 2.81. The highest BCUT2D eigenvalue weighted by atomic mass is 19.3. The number of hydrogen-bond acceptors (Lipinski definition) is 5. The van der Waals surface area contributed by atoms with E-state index in [0.29, 0.717) is 23.5 Å². The van der Waals surface area contributed by atoms with Crippen molar-refractivity contribution in [1.29, 1.82) is 5.26 Å². The summed E-state index contributed by atoms with van der Waals surface area (Å²) in [5, 5.41) is 12.4. The van der Waals surface area contributed by atoms with E-state index in [9.17, 15) is 8.78 Å². The van der Waals surface area contributed by atoms with Crippen LogP contribution in [0.5, 0.6) is 11.5 Å². The van der Waals surface area contributed by atoms with Crippen LogP contribution < -0.4 is 9.47 Å². The van der Waals surface area contributed by atoms with Gasteiger partial charge in [0.2, 0.25) is 0 Å². The van der Waals surface area contributed by atoms with Gasteiger partial charge in [-0.3, -0.25) is 0 Å². The van der Waals surface area contributed by atoms with Crippen molar-refractivity contribution in [2.75, 3.05) is 13.2 Å². The topological polar surface area (TPSA) is 63.8 Å². The molecule has 0 aliphatic carbocycles. The van der Waals surface area contributed by atoms with Crippen LogP contribution in [0.1, 0.15) is 11.1 Å². The number of alkyl halides is 2. The van der Waals surface area contributed by atoms with Gasteiger partial charge in [0.25, 0.3) is 0 Å². The summed E-state index contributed by atoms with van der Waals surface area (Å²) in [5.74, 6) is 0.718. The van der Waals surface area contributed by atoms with Gasteiger partial charge in [-0.1, -0.05) is 5.16 Å². The highest BCUT2D eigenvalue weighted by Crippen LogP contribution is 2.14. The van der Waals surface area contributed by atoms with E-state index in [1.54, 1.807) is 36.4 Å². The van der Waals surface area contributed by atoms with Crippen LogP contribution in [0, 0.1) is 11.3 Å². The summed E-state index contributed by atoms with van der Waals surface area (Å²) in [6, 6.07) is 14.7. The predicted octanol–water partition coefficient (Wildman–Crippen LogP) is 3.59. The van der Waals surface area contributed by atoms with Crippen molar-refractivity contribution in [3.63, 3.8) is 0 Å². The van der Waals surface area contributed by atoms with Crippen molar-refractivity contribution < 1.29 is 23.1 Å². The number of benzene rings is 2. The van der Waals surface area contributed by atoms with Gasteiger partial charge >= 0.3 is 6.61 Å². The van der Waals surface area contributed by atoms with Crippen molar-refractivity contribution >= 4 is 6.21 Å². The van der Waals surface area contributed by atoms with E-state index in [2.05, 4.69) is 9.89 Å². The van der Waals surface area contributed by atoms with Gasteiger partial charge < -0.3 is 14.3 Å². The van der Waals surface area contributed by atoms with Crippen molar-refractivity contribution in [3.8, 4) is 17.6 Å². The highest BCUT2D eigenvalue weighted by Gasteiger charge is 2.02. The number of rotatable bonds is 8. The van der Waals surface area contributed by atoms with Gasteiger partial charge in [0.05, 0.1) is 17.8 Å². The van der Waals surface area contributed by atoms with Crippen LogP contribution in [-0.2, 0) is 4.84 Å². The fourth-order valence-corrected chi connectivity index (χ4v) is 1.71. The highest BCUT2D eigenvalue weighted by molar-refractivity contribution is 5.79. The average Bonchev–Trinajstić information content (AvgIpc) is 2.59. The second kappa shape index (κ2) is 9.10. The Kier molecular flexibility index (Phi) is 6.53. The second-order valence-corrected chi connectivity index (χ2v) is 4.50. The van der Waals surface area contributed by atoms with E-state index in [1.165, 1.54) is 18.3 Å². The molecule has 0 saturated carbocycles. The first kappa shape index (κ1) is 17.2. The summed E-state index contributed by atoms with van der Waals surface area (Å²) >= 11 is 0. The Morgan fingerprint density at radius 1 is 1.00 bits per heavy atom. The fraction of sp³-hybridized carbons (Fsp3) is 0.176. The molecule has 0 unspecified atom stereocenters. The van der Waals surface area contributed by atoms with Gasteiger partial charge in [-0.2, -0.15) is 14.0 Å². The van der Waals surface area contributed by atoms with Crippen LogP contribution in [0.4, 0.5) is 8.78 Å². The first-order valence-electron chi connectivity index (χ1n) is 7.00. The maximum Gasteiger partial charge on any atom is 0.387 e. The molecule has 0 aromatic heterocycles. The number of oxime groups is 1. The molecule has 0 N–H and O–H groups in total. The van der Waals surface area contributed by atoms with Crippen molar-refractivity contribution in [2.45, 2.75) is 6.61 Å². The molecule has 0 amide bonds. The molecule has 2 rings (SSSR count). The molecule has 2 aromatic carbocycles. The van der Waals surface area contributed by atoms with Crippen molar-refractivity contribution in [2.24, 2.45) is 5.16 Å². The lowest BCUT2D eigenvalue weighted by Crippen LogP contribution is -2.04. The van der Waals surface area contributed by atoms with Gasteiger partial charge in [0, 0.05) is 0 Å². The minimum absolute atomic E-state index is 0.0823. The van der Waals surface area contributed by atoms with E-state index < -0.39 is 6.61 Å². The molecule has 0 fully saturated rings. The first-order chi connectivity index (χ1) is 11.7. The van der Waals surface area contributed by atoms with Crippen molar-refractivity contribution in [1.82, 2.24) is 0 Å². The Hall–Kier alpha value is -3.14. The monoisotopic (exact) mass is 332 g/mol. The molecule has 0 aliphatic heterocycles. The van der Waals surface area contributed by atoms with E-state index >= 15 is 0 Å². The van der Waals surface area contributed by atoms with Gasteiger partial charge in [0.1, 0.15) is 18.1 Å². The lowest BCUT2D eigenvalue weighted by molar-refractivity contribution is -0.0498. The quantitative estimate of drug-likeness (QED) is 0.421. The number of nitrogens with zero attached hydrogens (tertiary/aromatic N) is 2. The molecule has 0 atom stereocenters. The molecule has 0 aliphatic rings. The molecule has 5 nitrogen and oxygen atoms in total. The number of ether oxygens (including phenoxy) is 2. The van der Waals surface area contributed by atoms with Gasteiger partial charge in [-0.15, -0.1) is 0 Å². The average molecular weight is 332 g/mol. The third kappa shape index (κ3) is 5.93. The van der Waals surface area contributed by atoms with Crippen LogP contribution in [0.15, 0.2) is 53.7 Å². The largest absolute Gasteiger partial charge is 0.490 e. The van der Waals surface area contributed by atoms with E-state index in [-0.39, 0.29) is 12.4 Å². The van der Waals surface area contributed by atoms with Crippen LogP contribution in [0.2, 0.25) is 0 Å². The molecule has 0 saturated heterocycles. The lowest BCUT2D eigenvalue weighted by Gasteiger charge is -2.05. The molecule has 124 valence electrons. The second-order valence-electron chi connectivity index (χ2n) is 4.50. The Morgan fingerprint density at radius 3 is 2.29 bits per heavy atom. The molecular weight excluding hydrogens is 318 g/mol. The zero-order chi connectivity index (χ0) is 17.2. The maximum absolute atomic E-state index is 12.0. The zero-order valence-corrected chi connectivity index (χ0v) is 12.6. The third-order valence-electron chi connectivity index (χ3n) is 2.81. The Balaban J connectivity index is 1.68. The van der Waals surface area contributed by atoms with Crippen LogP contribution in [-0.4, -0.2) is 26.0 Å². The zero-order valence-electron chi connectivity index (χ0n) is 12.6. The molecule has 0 bridgehead atoms. The molecule has 2 aromatic rings. The normalized spacial score (nSPS) is 10.6. The summed E-state index contributed by atoms with van der Waals surface area (Å²) < 4.78 is 33.7. The van der Waals surface area contributed by atoms with E-state index in [1.807, 2.05) is 6.07 Å². The van der Waals surface area contributed by atoms with Gasteiger partial charge in [-0.05, 0) is 54.1 Å². The minimum Gasteiger partial charge on any atom is -0.490 e. The minimum atomic E-state index is -2.84. The summed E-state index contributed by atoms with van der Waals surface area (Å²) in [5.41, 5.74) is 1.25. The van der Waals surface area contributed by atoms with Crippen molar-refractivity contribution in [3.05, 3.63) is 59.7 Å². The van der Waals surface area contributed by atoms with E-state index in [0.717, 1.165) is 0 Å². The standard InChI is InChI=1S/C17H14F2N2O3/c18-17(19)24-16-7-3-14(4-8-16)12-21-23-10-9-22-15-5-1-13(11-20)2-6-15/h1-8,12,17H,9-10H2. The Bertz CT molecular complexity index is 695. The Morgan fingerprint density at radius 2 is 1.67 bits per heavy atom. The summed E-state index contributed by atoms with van der Waals surface area (Å²) in [4.78, 5) is 5.04. The smallest absolute Gasteiger partial charge is 0.387 e. The molecule has 0 spiro atoms. The van der Waals surface area contributed by atoms with Crippen LogP contribution >= 0.6 is 0 Å². The molecule has 0 radical (unpaired) electrons. The predicted molar refractivity (Wildman–Crippen MR) is 83.3 cm³/mol. The molecule has 24 heavy (non-hydrogen) atoms. The van der Waals surface area contributed by atoms with Crippen LogP contribution in [0.25, 0.3) is 0 Å². The maximum atomic E-state index is 12.0. The summed E-state index contributed by atoms with van der Waals surface area (Å²) in [6.45, 7) is -2.31. The summed E-state index contributed by atoms with van der Waals surface area (Å²) in [6.07, 6.45) is 1.45. The fourth-order valence-electron chi connectivity index (χ4n) is 1.71. The SMILES string of the molecule is N#Cc1ccc(OCCON=Cc2ccc(OC(F)F)cc2)cc1. The van der Waals surface area contributed by atoms with Gasteiger partial charge in [0.15, 0.2) is 6.61 Å². The number of halogens is 2. The van der Waals surface area contributed by atoms with E-state index in [4.69, 9.17) is 14.8 Å². The molecular formula is C17H14F2N2O3. The van der Waals surface area contributed by atoms with Gasteiger partial charge in [-0.25, -0.2) is 0 Å².